The predicted octanol–water partition coefficient (Wildman–Crippen LogP) is 2.96. The molecule has 1 saturated heterocycles. The van der Waals surface area contributed by atoms with Gasteiger partial charge < -0.3 is 55.1 Å². The number of aliphatic hydroxyl groups excluding tert-OH is 3. The van der Waals surface area contributed by atoms with Crippen molar-refractivity contribution in [3.8, 4) is 34.5 Å². The molecule has 0 unspecified atom stereocenters. The van der Waals surface area contributed by atoms with Crippen LogP contribution in [0.1, 0.15) is 62.0 Å². The molecule has 0 aromatic heterocycles. The third kappa shape index (κ3) is 4.83. The first kappa shape index (κ1) is 29.7. The van der Waals surface area contributed by atoms with E-state index in [9.17, 15) is 45.6 Å². The van der Waals surface area contributed by atoms with Crippen molar-refractivity contribution in [1.29, 1.82) is 0 Å². The van der Waals surface area contributed by atoms with Crippen molar-refractivity contribution in [2.45, 2.75) is 48.5 Å². The van der Waals surface area contributed by atoms with Gasteiger partial charge in [0.2, 0.25) is 6.29 Å². The molecule has 4 aromatic rings. The van der Waals surface area contributed by atoms with Crippen molar-refractivity contribution < 1.29 is 59.9 Å². The number of cyclic esters (lactones) is 1. The number of aliphatic hydroxyl groups is 3. The molecule has 12 nitrogen and oxygen atoms in total. The van der Waals surface area contributed by atoms with Gasteiger partial charge in [-0.2, -0.15) is 0 Å². The van der Waals surface area contributed by atoms with E-state index in [1.54, 1.807) is 24.3 Å². The van der Waals surface area contributed by atoms with Crippen molar-refractivity contribution in [1.82, 2.24) is 0 Å². The fraction of sp³-hybridized carbons (Fsp3) is 0.265. The van der Waals surface area contributed by atoms with Gasteiger partial charge in [0.25, 0.3) is 0 Å². The number of hydrogen-bond acceptors (Lipinski definition) is 12. The Balaban J connectivity index is 1.51. The average molecular weight is 631 g/mol. The molecule has 1 aliphatic carbocycles. The van der Waals surface area contributed by atoms with E-state index in [0.29, 0.717) is 27.8 Å². The zero-order chi connectivity index (χ0) is 32.4. The van der Waals surface area contributed by atoms with Crippen molar-refractivity contribution >= 4 is 5.97 Å². The highest BCUT2D eigenvalue weighted by molar-refractivity contribution is 5.97. The Morgan fingerprint density at radius 1 is 0.652 bits per heavy atom. The highest BCUT2D eigenvalue weighted by Gasteiger charge is 2.55. The maximum absolute atomic E-state index is 13.6. The first-order chi connectivity index (χ1) is 22.0. The molecule has 46 heavy (non-hydrogen) atoms. The number of rotatable bonds is 5. The maximum Gasteiger partial charge on any atom is 0.342 e. The van der Waals surface area contributed by atoms with E-state index in [1.807, 2.05) is 0 Å². The van der Waals surface area contributed by atoms with Gasteiger partial charge in [-0.15, -0.1) is 0 Å². The molecule has 2 aliphatic heterocycles. The lowest BCUT2D eigenvalue weighted by molar-refractivity contribution is -0.242. The third-order valence-electron chi connectivity index (χ3n) is 8.98. The normalized spacial score (nSPS) is 28.4. The quantitative estimate of drug-likeness (QED) is 0.150. The van der Waals surface area contributed by atoms with Crippen LogP contribution in [0.2, 0.25) is 0 Å². The summed E-state index contributed by atoms with van der Waals surface area (Å²) in [4.78, 5) is 13.6. The van der Waals surface area contributed by atoms with E-state index in [4.69, 9.17) is 14.2 Å². The van der Waals surface area contributed by atoms with Gasteiger partial charge in [0.1, 0.15) is 64.5 Å². The molecule has 4 aromatic carbocycles. The number of phenolic OH excluding ortho intramolecular Hbond substituents is 5. The molecule has 238 valence electrons. The molecule has 0 bridgehead atoms. The second-order valence-corrected chi connectivity index (χ2v) is 11.8. The van der Waals surface area contributed by atoms with Crippen LogP contribution >= 0.6 is 0 Å². The van der Waals surface area contributed by atoms with Gasteiger partial charge in [0.15, 0.2) is 0 Å². The summed E-state index contributed by atoms with van der Waals surface area (Å²) in [6, 6.07) is 17.7. The molecular formula is C34H30O12. The lowest BCUT2D eigenvalue weighted by atomic mass is 9.74. The van der Waals surface area contributed by atoms with Crippen LogP contribution in [0.4, 0.5) is 0 Å². The van der Waals surface area contributed by atoms with Gasteiger partial charge in [0.05, 0.1) is 6.61 Å². The topological polar surface area (TPSA) is 207 Å². The largest absolute Gasteiger partial charge is 0.508 e. The summed E-state index contributed by atoms with van der Waals surface area (Å²) in [7, 11) is 0. The van der Waals surface area contributed by atoms with Crippen molar-refractivity contribution in [3.63, 3.8) is 0 Å². The molecule has 1 fully saturated rings. The first-order valence-electron chi connectivity index (χ1n) is 14.6. The first-order valence-corrected chi connectivity index (χ1v) is 14.6. The fourth-order valence-electron chi connectivity index (χ4n) is 7.03. The van der Waals surface area contributed by atoms with Gasteiger partial charge >= 0.3 is 5.97 Å². The minimum absolute atomic E-state index is 0.00232. The summed E-state index contributed by atoms with van der Waals surface area (Å²) >= 11 is 0. The monoisotopic (exact) mass is 630 g/mol. The molecule has 7 rings (SSSR count). The minimum atomic E-state index is -1.68. The number of benzene rings is 4. The number of hydrogen-bond donors (Lipinski definition) is 8. The molecule has 0 amide bonds. The van der Waals surface area contributed by atoms with Crippen LogP contribution in [0.5, 0.6) is 34.5 Å². The number of carbonyl (C=O) groups is 1. The number of ether oxygens (including phenoxy) is 3. The van der Waals surface area contributed by atoms with Gasteiger partial charge in [-0.3, -0.25) is 0 Å². The highest BCUT2D eigenvalue weighted by atomic mass is 16.7. The van der Waals surface area contributed by atoms with Gasteiger partial charge in [-0.1, -0.05) is 24.3 Å². The highest BCUT2D eigenvalue weighted by Crippen LogP contribution is 2.65. The Kier molecular flexibility index (Phi) is 7.17. The van der Waals surface area contributed by atoms with Crippen molar-refractivity contribution in [2.24, 2.45) is 0 Å². The molecule has 2 heterocycles. The zero-order valence-electron chi connectivity index (χ0n) is 24.0. The Hall–Kier alpha value is -5.01. The number of carbonyl (C=O) groups excluding carboxylic acids is 1. The van der Waals surface area contributed by atoms with E-state index >= 15 is 0 Å². The summed E-state index contributed by atoms with van der Waals surface area (Å²) in [5.41, 5.74) is 2.18. The summed E-state index contributed by atoms with van der Waals surface area (Å²) in [6.45, 7) is -0.354. The summed E-state index contributed by atoms with van der Waals surface area (Å²) in [5, 5.41) is 83.6. The summed E-state index contributed by atoms with van der Waals surface area (Å²) in [6.07, 6.45) is -7.09. The average Bonchev–Trinajstić information content (AvgIpc) is 3.37. The third-order valence-corrected chi connectivity index (χ3v) is 8.98. The molecule has 8 N–H and O–H groups in total. The molecule has 3 aliphatic rings. The van der Waals surface area contributed by atoms with Crippen LogP contribution in [0.25, 0.3) is 0 Å². The van der Waals surface area contributed by atoms with Gasteiger partial charge in [-0.05, 0) is 58.7 Å². The van der Waals surface area contributed by atoms with E-state index < -0.39 is 60.2 Å². The van der Waals surface area contributed by atoms with Crippen LogP contribution in [0.3, 0.4) is 0 Å². The minimum Gasteiger partial charge on any atom is -0.508 e. The SMILES string of the molecule is O=C1O[C@H](c2ccc(O)cc2)[C@@H]2c3c1c(O)cc(O[C@H]1OC[C@@H](O)[C@H](O)[C@H]1O)c3[C@H](c1cc(O)cc(O)c1)[C@H]2c1ccc(O)cc1. The Bertz CT molecular complexity index is 1780. The van der Waals surface area contributed by atoms with Crippen LogP contribution < -0.4 is 4.74 Å². The molecule has 0 spiro atoms. The number of phenols is 5. The van der Waals surface area contributed by atoms with E-state index in [2.05, 4.69) is 0 Å². The van der Waals surface area contributed by atoms with Crippen LogP contribution in [-0.4, -0.2) is 78.0 Å². The van der Waals surface area contributed by atoms with E-state index in [-0.39, 0.29) is 40.9 Å². The number of aromatic hydroxyl groups is 5. The smallest absolute Gasteiger partial charge is 0.342 e. The van der Waals surface area contributed by atoms with Crippen LogP contribution in [0.15, 0.2) is 72.8 Å². The fourth-order valence-corrected chi connectivity index (χ4v) is 7.03. The molecule has 0 saturated carbocycles. The Morgan fingerprint density at radius 2 is 1.26 bits per heavy atom. The molecule has 0 radical (unpaired) electrons. The van der Waals surface area contributed by atoms with E-state index in [0.717, 1.165) is 6.07 Å². The Labute approximate surface area is 261 Å². The second kappa shape index (κ2) is 11.1. The lowest BCUT2D eigenvalue weighted by Crippen LogP contribution is -2.54. The maximum atomic E-state index is 13.6. The second-order valence-electron chi connectivity index (χ2n) is 11.8. The Morgan fingerprint density at radius 3 is 1.89 bits per heavy atom. The zero-order valence-corrected chi connectivity index (χ0v) is 24.0. The molecule has 8 atom stereocenters. The molecular weight excluding hydrogens is 600 g/mol. The van der Waals surface area contributed by atoms with Crippen molar-refractivity contribution in [2.75, 3.05) is 6.61 Å². The molecule has 12 heteroatoms. The summed E-state index contributed by atoms with van der Waals surface area (Å²) in [5.74, 6) is -4.01. The van der Waals surface area contributed by atoms with Crippen molar-refractivity contribution in [3.05, 3.63) is 106 Å². The van der Waals surface area contributed by atoms with Crippen LogP contribution in [-0.2, 0) is 9.47 Å². The van der Waals surface area contributed by atoms with E-state index in [1.165, 1.54) is 42.5 Å². The lowest BCUT2D eigenvalue weighted by Gasteiger charge is -2.36. The predicted molar refractivity (Wildman–Crippen MR) is 158 cm³/mol. The summed E-state index contributed by atoms with van der Waals surface area (Å²) < 4.78 is 17.7. The van der Waals surface area contributed by atoms with Gasteiger partial charge in [-0.25, -0.2) is 4.79 Å². The van der Waals surface area contributed by atoms with Crippen LogP contribution in [0, 0.1) is 0 Å². The standard InChI is InChI=1S/C34H30O12/c35-17-5-1-14(2-6-17)24-25(16-9-19(37)11-20(38)10-16)27-23(45-34-31(42)30(41)22(40)13-44-34)12-21(39)26-28(27)29(24)32(46-33(26)43)15-3-7-18(36)8-4-15/h1-12,22,24-25,29-32,34-42H,13H2/t22-,24-,25-,29+,30+,31-,32-,34-/m1/s1. The van der Waals surface area contributed by atoms with Gasteiger partial charge in [0, 0.05) is 35.4 Å². The number of esters is 1.